The molecule has 1 atom stereocenters. The lowest BCUT2D eigenvalue weighted by Gasteiger charge is -2.07. The van der Waals surface area contributed by atoms with Crippen molar-refractivity contribution >= 4 is 17.4 Å². The molecule has 2 aromatic rings. The van der Waals surface area contributed by atoms with Gasteiger partial charge < -0.3 is 5.11 Å². The highest BCUT2D eigenvalue weighted by Gasteiger charge is 2.08. The molecule has 0 radical (unpaired) electrons. The Morgan fingerprint density at radius 2 is 2.41 bits per heavy atom. The Kier molecular flexibility index (Phi) is 3.49. The highest BCUT2D eigenvalue weighted by atomic mass is 32.2. The molecule has 6 nitrogen and oxygen atoms in total. The summed E-state index contributed by atoms with van der Waals surface area (Å²) in [6.45, 7) is 3.90. The van der Waals surface area contributed by atoms with Crippen LogP contribution in [0.1, 0.15) is 12.7 Å². The molecule has 7 heteroatoms. The first-order valence-electron chi connectivity index (χ1n) is 5.30. The highest BCUT2D eigenvalue weighted by molar-refractivity contribution is 7.99. The maximum atomic E-state index is 11.4. The van der Waals surface area contributed by atoms with Crippen LogP contribution >= 0.6 is 11.8 Å². The highest BCUT2D eigenvalue weighted by Crippen LogP contribution is 2.19. The van der Waals surface area contributed by atoms with Crippen molar-refractivity contribution in [2.75, 3.05) is 12.4 Å². The van der Waals surface area contributed by atoms with Gasteiger partial charge in [-0.3, -0.25) is 0 Å². The average molecular weight is 254 g/mol. The molecule has 2 N–H and O–H groups in total. The molecule has 2 aromatic heterocycles. The number of hydrogen-bond donors (Lipinski definition) is 2. The Hall–Kier alpha value is -1.34. The number of aromatic amines is 1. The van der Waals surface area contributed by atoms with Gasteiger partial charge in [-0.05, 0) is 12.8 Å². The Balaban J connectivity index is 2.28. The first kappa shape index (κ1) is 12.1. The first-order chi connectivity index (χ1) is 8.11. The second kappa shape index (κ2) is 4.89. The van der Waals surface area contributed by atoms with Crippen molar-refractivity contribution in [3.05, 3.63) is 22.4 Å². The van der Waals surface area contributed by atoms with Crippen LogP contribution < -0.4 is 5.69 Å². The number of thioether (sulfide) groups is 1. The van der Waals surface area contributed by atoms with E-state index in [0.717, 1.165) is 10.8 Å². The van der Waals surface area contributed by atoms with Crippen LogP contribution in [0.15, 0.2) is 15.9 Å². The zero-order valence-corrected chi connectivity index (χ0v) is 10.5. The van der Waals surface area contributed by atoms with Crippen LogP contribution in [0.2, 0.25) is 0 Å². The summed E-state index contributed by atoms with van der Waals surface area (Å²) >= 11 is 1.55. The van der Waals surface area contributed by atoms with Gasteiger partial charge in [-0.25, -0.2) is 19.3 Å². The van der Waals surface area contributed by atoms with E-state index in [2.05, 4.69) is 15.2 Å². The van der Waals surface area contributed by atoms with Gasteiger partial charge in [0.2, 0.25) is 0 Å². The van der Waals surface area contributed by atoms with Crippen molar-refractivity contribution in [1.29, 1.82) is 0 Å². The van der Waals surface area contributed by atoms with Gasteiger partial charge in [-0.2, -0.15) is 5.10 Å². The SMILES string of the molecule is Cc1nc(SCC(C)CO)cc2n[nH]c(=O)n12. The molecule has 0 spiro atoms. The van der Waals surface area contributed by atoms with Gasteiger partial charge in [0.1, 0.15) is 10.9 Å². The van der Waals surface area contributed by atoms with Crippen molar-refractivity contribution in [3.63, 3.8) is 0 Å². The largest absolute Gasteiger partial charge is 0.396 e. The predicted octanol–water partition coefficient (Wildman–Crippen LogP) is 0.447. The summed E-state index contributed by atoms with van der Waals surface area (Å²) in [4.78, 5) is 15.7. The molecule has 17 heavy (non-hydrogen) atoms. The summed E-state index contributed by atoms with van der Waals surface area (Å²) in [5.41, 5.74) is 0.298. The van der Waals surface area contributed by atoms with Crippen molar-refractivity contribution in [3.8, 4) is 0 Å². The zero-order chi connectivity index (χ0) is 12.4. The Labute approximate surface area is 102 Å². The summed E-state index contributed by atoms with van der Waals surface area (Å²) < 4.78 is 1.43. The minimum atomic E-state index is -0.273. The van der Waals surface area contributed by atoms with Gasteiger partial charge >= 0.3 is 5.69 Å². The van der Waals surface area contributed by atoms with E-state index in [-0.39, 0.29) is 18.2 Å². The van der Waals surface area contributed by atoms with Gasteiger partial charge in [-0.15, -0.1) is 11.8 Å². The minimum absolute atomic E-state index is 0.163. The maximum Gasteiger partial charge on any atom is 0.349 e. The van der Waals surface area contributed by atoms with E-state index in [1.54, 1.807) is 24.8 Å². The van der Waals surface area contributed by atoms with E-state index in [1.165, 1.54) is 4.40 Å². The summed E-state index contributed by atoms with van der Waals surface area (Å²) in [7, 11) is 0. The fourth-order valence-electron chi connectivity index (χ4n) is 1.43. The topological polar surface area (TPSA) is 83.3 Å². The summed E-state index contributed by atoms with van der Waals surface area (Å²) in [5, 5.41) is 16.1. The third-order valence-corrected chi connectivity index (χ3v) is 3.61. The smallest absolute Gasteiger partial charge is 0.349 e. The molecule has 2 rings (SSSR count). The predicted molar refractivity (Wildman–Crippen MR) is 65.3 cm³/mol. The van der Waals surface area contributed by atoms with E-state index in [9.17, 15) is 4.79 Å². The second-order valence-electron chi connectivity index (χ2n) is 3.96. The van der Waals surface area contributed by atoms with Crippen molar-refractivity contribution < 1.29 is 5.11 Å². The van der Waals surface area contributed by atoms with Crippen LogP contribution in [0.3, 0.4) is 0 Å². The van der Waals surface area contributed by atoms with Crippen LogP contribution in [0.25, 0.3) is 5.65 Å². The van der Waals surface area contributed by atoms with E-state index in [4.69, 9.17) is 5.11 Å². The third-order valence-electron chi connectivity index (χ3n) is 2.37. The normalized spacial score (nSPS) is 13.1. The quantitative estimate of drug-likeness (QED) is 0.611. The van der Waals surface area contributed by atoms with Crippen molar-refractivity contribution in [2.24, 2.45) is 5.92 Å². The van der Waals surface area contributed by atoms with Crippen LogP contribution in [0.5, 0.6) is 0 Å². The molecular weight excluding hydrogens is 240 g/mol. The number of rotatable bonds is 4. The Bertz CT molecular complexity index is 577. The van der Waals surface area contributed by atoms with Crippen LogP contribution in [-0.2, 0) is 0 Å². The van der Waals surface area contributed by atoms with Gasteiger partial charge in [-0.1, -0.05) is 6.92 Å². The molecule has 0 aliphatic carbocycles. The number of nitrogens with zero attached hydrogens (tertiary/aromatic N) is 3. The van der Waals surface area contributed by atoms with Crippen LogP contribution in [-0.4, -0.2) is 37.0 Å². The Morgan fingerprint density at radius 1 is 1.65 bits per heavy atom. The van der Waals surface area contributed by atoms with Gasteiger partial charge in [0.05, 0.1) is 0 Å². The molecule has 0 aromatic carbocycles. The summed E-state index contributed by atoms with van der Waals surface area (Å²) in [6, 6.07) is 1.76. The number of nitrogens with one attached hydrogen (secondary N) is 1. The zero-order valence-electron chi connectivity index (χ0n) is 9.67. The lowest BCUT2D eigenvalue weighted by molar-refractivity contribution is 0.250. The van der Waals surface area contributed by atoms with Crippen LogP contribution in [0, 0.1) is 12.8 Å². The first-order valence-corrected chi connectivity index (χ1v) is 6.29. The molecule has 0 aliphatic rings. The lowest BCUT2D eigenvalue weighted by atomic mass is 10.2. The molecule has 0 amide bonds. The molecule has 92 valence electrons. The summed E-state index contributed by atoms with van der Waals surface area (Å²) in [5.74, 6) is 1.62. The van der Waals surface area contributed by atoms with Crippen LogP contribution in [0.4, 0.5) is 0 Å². The molecule has 0 saturated heterocycles. The fraction of sp³-hybridized carbons (Fsp3) is 0.500. The molecule has 1 unspecified atom stereocenters. The van der Waals surface area contributed by atoms with Gasteiger partial charge in [0.15, 0.2) is 5.65 Å². The number of fused-ring (bicyclic) bond motifs is 1. The van der Waals surface area contributed by atoms with Gasteiger partial charge in [0.25, 0.3) is 0 Å². The number of aliphatic hydroxyl groups is 1. The molecule has 0 bridgehead atoms. The maximum absolute atomic E-state index is 11.4. The number of H-pyrrole nitrogens is 1. The second-order valence-corrected chi connectivity index (χ2v) is 5.00. The number of aliphatic hydroxyl groups excluding tert-OH is 1. The average Bonchev–Trinajstić information content (AvgIpc) is 2.68. The lowest BCUT2D eigenvalue weighted by Crippen LogP contribution is -2.13. The van der Waals surface area contributed by atoms with Gasteiger partial charge in [0, 0.05) is 18.4 Å². The molecule has 0 fully saturated rings. The van der Waals surface area contributed by atoms with E-state index >= 15 is 0 Å². The monoisotopic (exact) mass is 254 g/mol. The molecule has 0 aliphatic heterocycles. The molecule has 0 saturated carbocycles. The number of aryl methyl sites for hydroxylation is 1. The molecule has 2 heterocycles. The minimum Gasteiger partial charge on any atom is -0.396 e. The van der Waals surface area contributed by atoms with Crippen molar-refractivity contribution in [1.82, 2.24) is 19.6 Å². The van der Waals surface area contributed by atoms with E-state index in [0.29, 0.717) is 11.5 Å². The number of aromatic nitrogens is 4. The summed E-state index contributed by atoms with van der Waals surface area (Å²) in [6.07, 6.45) is 0. The standard InChI is InChI=1S/C10H14N4O2S/c1-6(4-15)5-17-9-3-8-12-13-10(16)14(8)7(2)11-9/h3,6,15H,4-5H2,1-2H3,(H,13,16). The number of hydrogen-bond acceptors (Lipinski definition) is 5. The van der Waals surface area contributed by atoms with E-state index in [1.807, 2.05) is 6.92 Å². The van der Waals surface area contributed by atoms with E-state index < -0.39 is 0 Å². The fourth-order valence-corrected chi connectivity index (χ4v) is 2.37. The Morgan fingerprint density at radius 3 is 3.12 bits per heavy atom. The molecular formula is C10H14N4O2S. The third kappa shape index (κ3) is 2.50. The van der Waals surface area contributed by atoms with Crippen molar-refractivity contribution in [2.45, 2.75) is 18.9 Å².